The Morgan fingerprint density at radius 1 is 1.06 bits per heavy atom. The first kappa shape index (κ1) is 10.1. The van der Waals surface area contributed by atoms with Gasteiger partial charge in [0, 0.05) is 10.8 Å². The van der Waals surface area contributed by atoms with Crippen LogP contribution in [0.3, 0.4) is 0 Å². The lowest BCUT2D eigenvalue weighted by molar-refractivity contribution is 0.0295. The second-order valence-corrected chi connectivity index (χ2v) is 4.05. The summed E-state index contributed by atoms with van der Waals surface area (Å²) < 4.78 is 5.64. The lowest BCUT2D eigenvalue weighted by Crippen LogP contribution is -2.11. The molecular formula is C13H11NO3. The van der Waals surface area contributed by atoms with Gasteiger partial charge in [0.15, 0.2) is 5.58 Å². The van der Waals surface area contributed by atoms with Crippen LogP contribution in [0.5, 0.6) is 0 Å². The van der Waals surface area contributed by atoms with Crippen molar-refractivity contribution < 1.29 is 14.8 Å². The van der Waals surface area contributed by atoms with E-state index in [1.165, 1.54) is 0 Å². The molecule has 0 aliphatic heterocycles. The minimum atomic E-state index is 0.0950. The normalized spacial score (nSPS) is 11.2. The molecule has 0 fully saturated rings. The van der Waals surface area contributed by atoms with E-state index in [4.69, 9.17) is 4.42 Å². The van der Waals surface area contributed by atoms with Crippen LogP contribution in [0.15, 0.2) is 40.8 Å². The fraction of sp³-hybridized carbons (Fsp3) is 0.0769. The zero-order chi connectivity index (χ0) is 12.0. The minimum Gasteiger partial charge on any atom is -0.454 e. The summed E-state index contributed by atoms with van der Waals surface area (Å²) in [7, 11) is 0. The van der Waals surface area contributed by atoms with Crippen molar-refractivity contribution in [2.24, 2.45) is 0 Å². The molecule has 0 saturated carbocycles. The molecule has 0 unspecified atom stereocenters. The first-order valence-electron chi connectivity index (χ1n) is 5.26. The Hall–Kier alpha value is -2.04. The van der Waals surface area contributed by atoms with Crippen LogP contribution in [-0.4, -0.2) is 10.4 Å². The third-order valence-electron chi connectivity index (χ3n) is 2.82. The number of rotatable bonds is 1. The predicted octanol–water partition coefficient (Wildman–Crippen LogP) is 3.48. The number of benzene rings is 2. The van der Waals surface area contributed by atoms with Gasteiger partial charge in [-0.15, -0.1) is 5.23 Å². The summed E-state index contributed by atoms with van der Waals surface area (Å²) in [6.07, 6.45) is 0. The van der Waals surface area contributed by atoms with Crippen LogP contribution in [0.4, 0.5) is 5.69 Å². The molecule has 0 atom stereocenters. The number of para-hydroxylation sites is 1. The molecule has 2 N–H and O–H groups in total. The van der Waals surface area contributed by atoms with Gasteiger partial charge < -0.3 is 4.42 Å². The molecule has 17 heavy (non-hydrogen) atoms. The first-order valence-corrected chi connectivity index (χ1v) is 5.26. The third-order valence-corrected chi connectivity index (χ3v) is 2.82. The van der Waals surface area contributed by atoms with Crippen LogP contribution in [0.25, 0.3) is 21.9 Å². The van der Waals surface area contributed by atoms with Crippen molar-refractivity contribution in [1.82, 2.24) is 0 Å². The standard InChI is InChI=1S/C13H11NO3/c1-8-6-10-9-4-2-3-5-12(9)17-13(10)11(7-8)14(15)16/h2-7,15-16H,1H3. The van der Waals surface area contributed by atoms with E-state index in [-0.39, 0.29) is 10.9 Å². The van der Waals surface area contributed by atoms with Crippen molar-refractivity contribution in [3.05, 3.63) is 42.0 Å². The number of fused-ring (bicyclic) bond motifs is 3. The van der Waals surface area contributed by atoms with E-state index in [1.807, 2.05) is 37.3 Å². The van der Waals surface area contributed by atoms with Gasteiger partial charge in [0.1, 0.15) is 11.3 Å². The number of hydrogen-bond acceptors (Lipinski definition) is 4. The van der Waals surface area contributed by atoms with Gasteiger partial charge in [-0.05, 0) is 30.7 Å². The van der Waals surface area contributed by atoms with Crippen molar-refractivity contribution in [2.75, 3.05) is 5.23 Å². The SMILES string of the molecule is Cc1cc(N(O)O)c2oc3ccccc3c2c1. The fourth-order valence-corrected chi connectivity index (χ4v) is 2.10. The van der Waals surface area contributed by atoms with E-state index in [1.54, 1.807) is 6.07 Å². The molecule has 0 radical (unpaired) electrons. The summed E-state index contributed by atoms with van der Waals surface area (Å²) in [5.41, 5.74) is 2.39. The predicted molar refractivity (Wildman–Crippen MR) is 64.5 cm³/mol. The molecule has 1 aromatic heterocycles. The molecule has 86 valence electrons. The second kappa shape index (κ2) is 3.48. The van der Waals surface area contributed by atoms with Gasteiger partial charge in [-0.3, -0.25) is 10.4 Å². The summed E-state index contributed by atoms with van der Waals surface area (Å²) in [5, 5.41) is 20.3. The molecule has 4 nitrogen and oxygen atoms in total. The van der Waals surface area contributed by atoms with Gasteiger partial charge in [0.2, 0.25) is 0 Å². The molecule has 4 heteroatoms. The number of furan rings is 1. The van der Waals surface area contributed by atoms with Gasteiger partial charge in [-0.1, -0.05) is 18.2 Å². The number of anilines is 1. The van der Waals surface area contributed by atoms with E-state index in [0.717, 1.165) is 21.9 Å². The number of aryl methyl sites for hydroxylation is 1. The van der Waals surface area contributed by atoms with Crippen molar-refractivity contribution in [3.8, 4) is 0 Å². The summed E-state index contributed by atoms with van der Waals surface area (Å²) in [6, 6.07) is 11.2. The van der Waals surface area contributed by atoms with Crippen molar-refractivity contribution in [2.45, 2.75) is 6.92 Å². The second-order valence-electron chi connectivity index (χ2n) is 4.05. The van der Waals surface area contributed by atoms with Crippen molar-refractivity contribution in [1.29, 1.82) is 0 Å². The highest BCUT2D eigenvalue weighted by molar-refractivity contribution is 6.08. The third kappa shape index (κ3) is 1.46. The minimum absolute atomic E-state index is 0.0950. The molecule has 0 spiro atoms. The Bertz CT molecular complexity index is 700. The molecular weight excluding hydrogens is 218 g/mol. The average molecular weight is 229 g/mol. The van der Waals surface area contributed by atoms with Gasteiger partial charge in [-0.25, -0.2) is 0 Å². The molecule has 0 bridgehead atoms. The van der Waals surface area contributed by atoms with Crippen LogP contribution >= 0.6 is 0 Å². The van der Waals surface area contributed by atoms with E-state index < -0.39 is 0 Å². The lowest BCUT2D eigenvalue weighted by atomic mass is 10.1. The van der Waals surface area contributed by atoms with Crippen LogP contribution in [0.2, 0.25) is 0 Å². The van der Waals surface area contributed by atoms with Crippen LogP contribution in [0.1, 0.15) is 5.56 Å². The van der Waals surface area contributed by atoms with Crippen molar-refractivity contribution >= 4 is 27.6 Å². The zero-order valence-corrected chi connectivity index (χ0v) is 9.21. The molecule has 0 saturated heterocycles. The Morgan fingerprint density at radius 2 is 1.82 bits per heavy atom. The van der Waals surface area contributed by atoms with Crippen LogP contribution < -0.4 is 5.23 Å². The summed E-state index contributed by atoms with van der Waals surface area (Å²) in [6.45, 7) is 1.90. The van der Waals surface area contributed by atoms with E-state index in [2.05, 4.69) is 0 Å². The van der Waals surface area contributed by atoms with Gasteiger partial charge in [0.05, 0.1) is 0 Å². The highest BCUT2D eigenvalue weighted by atomic mass is 16.8. The Kier molecular flexibility index (Phi) is 2.07. The highest BCUT2D eigenvalue weighted by Gasteiger charge is 2.14. The Morgan fingerprint density at radius 3 is 2.59 bits per heavy atom. The average Bonchev–Trinajstić information content (AvgIpc) is 2.66. The lowest BCUT2D eigenvalue weighted by Gasteiger charge is -2.08. The maximum Gasteiger partial charge on any atom is 0.163 e. The number of nitrogens with zero attached hydrogens (tertiary/aromatic N) is 1. The molecule has 0 amide bonds. The van der Waals surface area contributed by atoms with Gasteiger partial charge >= 0.3 is 0 Å². The molecule has 0 aliphatic rings. The molecule has 3 rings (SSSR count). The van der Waals surface area contributed by atoms with E-state index >= 15 is 0 Å². The number of hydrogen-bond donors (Lipinski definition) is 2. The summed E-state index contributed by atoms with van der Waals surface area (Å²) in [5.74, 6) is 0. The maximum atomic E-state index is 9.20. The quantitative estimate of drug-likeness (QED) is 0.627. The molecule has 2 aromatic carbocycles. The maximum absolute atomic E-state index is 9.20. The largest absolute Gasteiger partial charge is 0.454 e. The molecule has 1 heterocycles. The Balaban J connectivity index is 2.51. The van der Waals surface area contributed by atoms with Crippen molar-refractivity contribution in [3.63, 3.8) is 0 Å². The fourth-order valence-electron chi connectivity index (χ4n) is 2.10. The molecule has 0 aliphatic carbocycles. The summed E-state index contributed by atoms with van der Waals surface area (Å²) in [4.78, 5) is 0. The first-order chi connectivity index (χ1) is 8.16. The van der Waals surface area contributed by atoms with Gasteiger partial charge in [-0.2, -0.15) is 0 Å². The van der Waals surface area contributed by atoms with Gasteiger partial charge in [0.25, 0.3) is 0 Å². The zero-order valence-electron chi connectivity index (χ0n) is 9.21. The Labute approximate surface area is 97.2 Å². The highest BCUT2D eigenvalue weighted by Crippen LogP contribution is 2.35. The van der Waals surface area contributed by atoms with Crippen LogP contribution in [-0.2, 0) is 0 Å². The topological polar surface area (TPSA) is 56.8 Å². The molecule has 3 aromatic rings. The summed E-state index contributed by atoms with van der Waals surface area (Å²) >= 11 is 0. The monoisotopic (exact) mass is 229 g/mol. The smallest absolute Gasteiger partial charge is 0.163 e. The van der Waals surface area contributed by atoms with Crippen LogP contribution in [0, 0.1) is 6.92 Å². The van der Waals surface area contributed by atoms with E-state index in [0.29, 0.717) is 5.58 Å². The van der Waals surface area contributed by atoms with E-state index in [9.17, 15) is 10.4 Å².